The Morgan fingerprint density at radius 1 is 1.44 bits per heavy atom. The molecule has 2 heterocycles. The molecule has 5 nitrogen and oxygen atoms in total. The van der Waals surface area contributed by atoms with Crippen LogP contribution in [0.25, 0.3) is 0 Å². The van der Waals surface area contributed by atoms with E-state index in [2.05, 4.69) is 26.1 Å². The van der Waals surface area contributed by atoms with Crippen LogP contribution in [0.1, 0.15) is 23.0 Å². The zero-order valence-corrected chi connectivity index (χ0v) is 11.1. The molecule has 0 amide bonds. The predicted molar refractivity (Wildman–Crippen MR) is 64.9 cm³/mol. The molecule has 2 N–H and O–H groups in total. The fourth-order valence-electron chi connectivity index (χ4n) is 1.84. The number of hydrogen-bond donors (Lipinski definition) is 1. The van der Waals surface area contributed by atoms with Crippen LogP contribution in [0, 0.1) is 6.92 Å². The van der Waals surface area contributed by atoms with Crippen LogP contribution in [0.5, 0.6) is 0 Å². The molecule has 0 spiro atoms. The van der Waals surface area contributed by atoms with Crippen molar-refractivity contribution in [1.29, 1.82) is 0 Å². The predicted octanol–water partition coefficient (Wildman–Crippen LogP) is 1.27. The minimum atomic E-state index is -0.212. The smallest absolute Gasteiger partial charge is 0.0768 e. The lowest BCUT2D eigenvalue weighted by Crippen LogP contribution is -2.16. The van der Waals surface area contributed by atoms with Crippen molar-refractivity contribution in [3.8, 4) is 0 Å². The van der Waals surface area contributed by atoms with Gasteiger partial charge in [0.05, 0.1) is 28.1 Å². The number of aromatic nitrogens is 4. The summed E-state index contributed by atoms with van der Waals surface area (Å²) < 4.78 is 4.47. The lowest BCUT2D eigenvalue weighted by molar-refractivity contribution is 0.669. The molecule has 86 valence electrons. The Morgan fingerprint density at radius 2 is 2.12 bits per heavy atom. The van der Waals surface area contributed by atoms with E-state index in [1.807, 2.05) is 27.2 Å². The first-order chi connectivity index (χ1) is 7.50. The van der Waals surface area contributed by atoms with Gasteiger partial charge in [0.2, 0.25) is 0 Å². The highest BCUT2D eigenvalue weighted by Gasteiger charge is 2.20. The summed E-state index contributed by atoms with van der Waals surface area (Å²) in [5, 5.41) is 8.45. The fourth-order valence-corrected chi connectivity index (χ4v) is 2.44. The van der Waals surface area contributed by atoms with Gasteiger partial charge >= 0.3 is 0 Å². The van der Waals surface area contributed by atoms with Crippen LogP contribution < -0.4 is 5.73 Å². The Bertz CT molecular complexity index is 494. The molecular weight excluding hydrogens is 270 g/mol. The van der Waals surface area contributed by atoms with Gasteiger partial charge in [-0.05, 0) is 22.9 Å². The second kappa shape index (κ2) is 4.03. The highest BCUT2D eigenvalue weighted by atomic mass is 79.9. The maximum Gasteiger partial charge on any atom is 0.0768 e. The number of nitrogens with zero attached hydrogens (tertiary/aromatic N) is 4. The number of nitrogens with two attached hydrogens (primary N) is 1. The summed E-state index contributed by atoms with van der Waals surface area (Å²) in [6.07, 6.45) is 3.69. The van der Waals surface area contributed by atoms with Gasteiger partial charge in [-0.3, -0.25) is 9.36 Å². The molecule has 6 heteroatoms. The molecular formula is C10H14BrN5. The largest absolute Gasteiger partial charge is 0.319 e. The average Bonchev–Trinajstić information content (AvgIpc) is 2.70. The molecule has 16 heavy (non-hydrogen) atoms. The van der Waals surface area contributed by atoms with Crippen LogP contribution in [0.15, 0.2) is 16.9 Å². The van der Waals surface area contributed by atoms with E-state index in [4.69, 9.17) is 5.73 Å². The van der Waals surface area contributed by atoms with Crippen LogP contribution in [0.4, 0.5) is 0 Å². The van der Waals surface area contributed by atoms with Gasteiger partial charge < -0.3 is 5.73 Å². The zero-order valence-electron chi connectivity index (χ0n) is 9.48. The SMILES string of the molecule is Cc1nn(C)cc1C(N)c1c(Br)cnn1C. The molecule has 1 atom stereocenters. The molecule has 2 aromatic heterocycles. The highest BCUT2D eigenvalue weighted by Crippen LogP contribution is 2.27. The van der Waals surface area contributed by atoms with E-state index < -0.39 is 0 Å². The standard InChI is InChI=1S/C10H14BrN5/c1-6-7(5-15(2)14-6)9(12)10-8(11)4-13-16(10)3/h4-5,9H,12H2,1-3H3. The molecule has 0 fully saturated rings. The maximum absolute atomic E-state index is 6.23. The summed E-state index contributed by atoms with van der Waals surface area (Å²) in [6.45, 7) is 1.96. The van der Waals surface area contributed by atoms with Gasteiger partial charge in [-0.15, -0.1) is 0 Å². The fraction of sp³-hybridized carbons (Fsp3) is 0.400. The number of halogens is 1. The molecule has 0 saturated heterocycles. The monoisotopic (exact) mass is 283 g/mol. The lowest BCUT2D eigenvalue weighted by atomic mass is 10.1. The van der Waals surface area contributed by atoms with Crippen molar-refractivity contribution in [2.45, 2.75) is 13.0 Å². The average molecular weight is 284 g/mol. The van der Waals surface area contributed by atoms with E-state index in [0.29, 0.717) is 0 Å². The molecule has 2 aromatic rings. The third-order valence-electron chi connectivity index (χ3n) is 2.62. The summed E-state index contributed by atoms with van der Waals surface area (Å²) in [5.41, 5.74) is 9.15. The van der Waals surface area contributed by atoms with Gasteiger partial charge in [0.1, 0.15) is 0 Å². The van der Waals surface area contributed by atoms with E-state index in [1.165, 1.54) is 0 Å². The molecule has 2 rings (SSSR count). The number of rotatable bonds is 2. The third-order valence-corrected chi connectivity index (χ3v) is 3.23. The van der Waals surface area contributed by atoms with Crippen LogP contribution in [0.2, 0.25) is 0 Å². The van der Waals surface area contributed by atoms with E-state index >= 15 is 0 Å². The molecule has 0 aliphatic carbocycles. The first-order valence-electron chi connectivity index (χ1n) is 4.94. The van der Waals surface area contributed by atoms with Gasteiger partial charge in [0.25, 0.3) is 0 Å². The lowest BCUT2D eigenvalue weighted by Gasteiger charge is -2.11. The number of aryl methyl sites for hydroxylation is 3. The Morgan fingerprint density at radius 3 is 2.56 bits per heavy atom. The van der Waals surface area contributed by atoms with E-state index in [0.717, 1.165) is 21.4 Å². The quantitative estimate of drug-likeness (QED) is 0.903. The van der Waals surface area contributed by atoms with Crippen molar-refractivity contribution < 1.29 is 0 Å². The van der Waals surface area contributed by atoms with Crippen molar-refractivity contribution in [1.82, 2.24) is 19.6 Å². The van der Waals surface area contributed by atoms with Crippen LogP contribution in [0.3, 0.4) is 0 Å². The second-order valence-electron chi connectivity index (χ2n) is 3.82. The molecule has 0 bridgehead atoms. The summed E-state index contributed by atoms with van der Waals surface area (Å²) in [6, 6.07) is -0.212. The summed E-state index contributed by atoms with van der Waals surface area (Å²) >= 11 is 3.46. The Balaban J connectivity index is 2.46. The maximum atomic E-state index is 6.23. The summed E-state index contributed by atoms with van der Waals surface area (Å²) in [7, 11) is 3.77. The normalized spacial score (nSPS) is 13.1. The molecule has 0 radical (unpaired) electrons. The van der Waals surface area contributed by atoms with Crippen molar-refractivity contribution in [2.24, 2.45) is 19.8 Å². The van der Waals surface area contributed by atoms with E-state index in [-0.39, 0.29) is 6.04 Å². The Hall–Kier alpha value is -1.14. The number of hydrogen-bond acceptors (Lipinski definition) is 3. The molecule has 0 aliphatic heterocycles. The van der Waals surface area contributed by atoms with Crippen molar-refractivity contribution in [2.75, 3.05) is 0 Å². The Labute approximate surface area is 102 Å². The molecule has 0 saturated carbocycles. The topological polar surface area (TPSA) is 61.7 Å². The Kier molecular flexibility index (Phi) is 2.86. The minimum absolute atomic E-state index is 0.212. The minimum Gasteiger partial charge on any atom is -0.319 e. The van der Waals surface area contributed by atoms with Crippen LogP contribution >= 0.6 is 15.9 Å². The molecule has 0 aliphatic rings. The molecule has 1 unspecified atom stereocenters. The van der Waals surface area contributed by atoms with Crippen molar-refractivity contribution in [3.05, 3.63) is 33.8 Å². The van der Waals surface area contributed by atoms with Gasteiger partial charge in [0, 0.05) is 25.9 Å². The summed E-state index contributed by atoms with van der Waals surface area (Å²) in [5.74, 6) is 0. The first-order valence-corrected chi connectivity index (χ1v) is 5.73. The van der Waals surface area contributed by atoms with E-state index in [9.17, 15) is 0 Å². The van der Waals surface area contributed by atoms with Gasteiger partial charge in [-0.1, -0.05) is 0 Å². The second-order valence-corrected chi connectivity index (χ2v) is 4.68. The van der Waals surface area contributed by atoms with Crippen molar-refractivity contribution >= 4 is 15.9 Å². The zero-order chi connectivity index (χ0) is 11.9. The van der Waals surface area contributed by atoms with Gasteiger partial charge in [-0.25, -0.2) is 0 Å². The first kappa shape index (κ1) is 11.3. The highest BCUT2D eigenvalue weighted by molar-refractivity contribution is 9.10. The van der Waals surface area contributed by atoms with Gasteiger partial charge in [0.15, 0.2) is 0 Å². The summed E-state index contributed by atoms with van der Waals surface area (Å²) in [4.78, 5) is 0. The molecule has 0 aromatic carbocycles. The van der Waals surface area contributed by atoms with Gasteiger partial charge in [-0.2, -0.15) is 10.2 Å². The van der Waals surface area contributed by atoms with Crippen molar-refractivity contribution in [3.63, 3.8) is 0 Å². The van der Waals surface area contributed by atoms with Crippen LogP contribution in [-0.4, -0.2) is 19.6 Å². The van der Waals surface area contributed by atoms with E-state index in [1.54, 1.807) is 15.6 Å². The third kappa shape index (κ3) is 1.78. The van der Waals surface area contributed by atoms with Crippen LogP contribution in [-0.2, 0) is 14.1 Å².